The molecule has 5 radical (unpaired) electrons. The van der Waals surface area contributed by atoms with Gasteiger partial charge in [0.05, 0.1) is 23.8 Å². The van der Waals surface area contributed by atoms with E-state index in [-0.39, 0.29) is 29.2 Å². The Bertz CT molecular complexity index is 1180. The first-order valence-electron chi connectivity index (χ1n) is 10.6. The van der Waals surface area contributed by atoms with Crippen LogP contribution in [-0.4, -0.2) is 23.4 Å². The Balaban J connectivity index is 0.000000966. The van der Waals surface area contributed by atoms with Crippen LogP contribution < -0.4 is 0 Å². The second kappa shape index (κ2) is 15.4. The maximum absolute atomic E-state index is 16.5. The van der Waals surface area contributed by atoms with Gasteiger partial charge in [-0.15, -0.1) is 0 Å². The molecule has 0 aromatic heterocycles. The zero-order valence-electron chi connectivity index (χ0n) is 20.0. The number of carbonyl (C=O) groups excluding carboxylic acids is 2. The van der Waals surface area contributed by atoms with E-state index in [1.807, 2.05) is 60.7 Å². The molecule has 0 bridgehead atoms. The number of hydrogen-bond donors (Lipinski definition) is 0. The normalized spacial score (nSPS) is 16.2. The molecule has 6 nitrogen and oxygen atoms in total. The minimum atomic E-state index is -3.24. The maximum Gasteiger partial charge on any atom is 0 e. The molecule has 2 heterocycles. The fourth-order valence-electron chi connectivity index (χ4n) is 4.12. The van der Waals surface area contributed by atoms with Gasteiger partial charge in [0.15, 0.2) is 11.3 Å². The number of rotatable bonds is 3. The fraction of sp³-hybridized carbons (Fsp3) is 0.0345. The Labute approximate surface area is 233 Å². The molecule has 1 saturated heterocycles. The number of benzene rings is 3. The summed E-state index contributed by atoms with van der Waals surface area (Å²) in [5, 5.41) is 0. The molecule has 2 amide bonds. The van der Waals surface area contributed by atoms with Crippen molar-refractivity contribution in [2.75, 3.05) is 6.66 Å². The van der Waals surface area contributed by atoms with E-state index in [1.54, 1.807) is 43.8 Å². The first-order chi connectivity index (χ1) is 18.0. The summed E-state index contributed by atoms with van der Waals surface area (Å²) in [5.41, 5.74) is 3.26. The van der Waals surface area contributed by atoms with Crippen LogP contribution in [0.25, 0.3) is 0 Å². The number of halogens is 1. The molecule has 0 saturated carbocycles. The summed E-state index contributed by atoms with van der Waals surface area (Å²) in [6.07, 6.45) is 3.33. The van der Waals surface area contributed by atoms with Gasteiger partial charge in [-0.25, -0.2) is 0 Å². The van der Waals surface area contributed by atoms with Gasteiger partial charge in [0.25, 0.3) is 11.8 Å². The molecule has 187 valence electrons. The quantitative estimate of drug-likeness (QED) is 0.174. The van der Waals surface area contributed by atoms with Crippen LogP contribution in [0.1, 0.15) is 31.8 Å². The number of amides is 2. The molecule has 0 atom stereocenters. The molecule has 0 spiro atoms. The van der Waals surface area contributed by atoms with Crippen LogP contribution in [-0.2, 0) is 31.3 Å². The van der Waals surface area contributed by atoms with Crippen molar-refractivity contribution >= 4 is 19.4 Å². The summed E-state index contributed by atoms with van der Waals surface area (Å²) in [7, 11) is -3.24. The number of fused-ring (bicyclic) bond motifs is 1. The van der Waals surface area contributed by atoms with Crippen molar-refractivity contribution in [3.63, 3.8) is 0 Å². The number of carbonyl (C=O) groups is 2. The molecule has 38 heavy (non-hydrogen) atoms. The summed E-state index contributed by atoms with van der Waals surface area (Å²) in [4.78, 5) is 27.4. The molecule has 0 N–H and O–H groups in total. The van der Waals surface area contributed by atoms with Gasteiger partial charge in [0, 0.05) is 41.3 Å². The summed E-state index contributed by atoms with van der Waals surface area (Å²) in [6.45, 7) is 15.1. The van der Waals surface area contributed by atoms with E-state index in [9.17, 15) is 9.59 Å². The van der Waals surface area contributed by atoms with Crippen LogP contribution in [0.4, 0.5) is 4.20 Å². The van der Waals surface area contributed by atoms with Gasteiger partial charge in [-0.1, -0.05) is 77.0 Å². The minimum absolute atomic E-state index is 0. The van der Waals surface area contributed by atoms with Crippen molar-refractivity contribution in [2.45, 2.75) is 0 Å². The standard InChI is InChI=1S/C26H19FNO2P.3CO.Cr/c1-31(27)23(18-10-4-2-5-11-18)16-20(17-24(31)19-12-6-3-7-13-19)28-25(29)21-14-8-9-15-22(21)26(28)30;3*1-2;/h2-17H,1H3;;;;/q+1;;;;. The van der Waals surface area contributed by atoms with Crippen LogP contribution >= 0.6 is 7.57 Å². The Kier molecular flexibility index (Phi) is 13.3. The predicted octanol–water partition coefficient (Wildman–Crippen LogP) is 5.81. The zero-order valence-corrected chi connectivity index (χ0v) is 22.1. The van der Waals surface area contributed by atoms with Crippen molar-refractivity contribution < 1.29 is 45.1 Å². The topological polar surface area (TPSA) is 97.1 Å². The Morgan fingerprint density at radius 1 is 0.632 bits per heavy atom. The Morgan fingerprint density at radius 3 is 1.29 bits per heavy atom. The second-order valence-corrected chi connectivity index (χ2v) is 10.4. The number of nitrogens with zero attached hydrogens (tertiary/aromatic N) is 1. The minimum Gasteiger partial charge on any atom is 0 e. The summed E-state index contributed by atoms with van der Waals surface area (Å²) in [5.74, 6) is -0.771. The first kappa shape index (κ1) is 32.9. The van der Waals surface area contributed by atoms with E-state index in [0.29, 0.717) is 28.5 Å². The van der Waals surface area contributed by atoms with Crippen LogP contribution in [0.3, 0.4) is 0 Å². The van der Waals surface area contributed by atoms with Crippen molar-refractivity contribution in [2.24, 2.45) is 0 Å². The van der Waals surface area contributed by atoms with Crippen LogP contribution in [0.5, 0.6) is 0 Å². The van der Waals surface area contributed by atoms with Crippen LogP contribution in [0, 0.1) is 50.2 Å². The largest absolute Gasteiger partial charge is 0 e. The van der Waals surface area contributed by atoms with Gasteiger partial charge in [-0.2, -0.15) is 0 Å². The van der Waals surface area contributed by atoms with Crippen LogP contribution in [0.15, 0.2) is 84.9 Å². The molecular weight excluding hydrogens is 544 g/mol. The number of imide groups is 1. The SMILES string of the molecule is C[P+]1(F)[C](c2ccccc2)[CH][C](N2C(=O)c3ccccc3C2=O)[CH][C]1c1ccccc1.[C-]#[O+].[C-]#[O+].[C-]#[O+].[Cr]. The van der Waals surface area contributed by atoms with Crippen molar-refractivity contribution in [3.8, 4) is 0 Å². The molecule has 3 aromatic rings. The van der Waals surface area contributed by atoms with Gasteiger partial charge < -0.3 is 0 Å². The second-order valence-electron chi connectivity index (χ2n) is 7.60. The van der Waals surface area contributed by atoms with Gasteiger partial charge in [-0.05, 0) is 12.1 Å². The van der Waals surface area contributed by atoms with Gasteiger partial charge >= 0.3 is 33.9 Å². The number of hydrogen-bond acceptors (Lipinski definition) is 2. The van der Waals surface area contributed by atoms with E-state index >= 15 is 4.20 Å². The van der Waals surface area contributed by atoms with Gasteiger partial charge in [-0.3, -0.25) is 14.5 Å². The van der Waals surface area contributed by atoms with Gasteiger partial charge in [0.2, 0.25) is 7.57 Å². The molecule has 1 fully saturated rings. The Hall–Kier alpha value is -3.09. The third-order valence-corrected chi connectivity index (χ3v) is 8.25. The molecule has 5 rings (SSSR count). The predicted molar refractivity (Wildman–Crippen MR) is 132 cm³/mol. The van der Waals surface area contributed by atoms with E-state index < -0.39 is 7.57 Å². The molecule has 9 heteroatoms. The summed E-state index contributed by atoms with van der Waals surface area (Å²) >= 11 is 0. The van der Waals surface area contributed by atoms with E-state index in [1.165, 1.54) is 0 Å². The van der Waals surface area contributed by atoms with E-state index in [2.05, 4.69) is 20.0 Å². The smallest absolute Gasteiger partial charge is 0 e. The average Bonchev–Trinajstić information content (AvgIpc) is 3.22. The Morgan fingerprint density at radius 2 is 0.947 bits per heavy atom. The summed E-state index contributed by atoms with van der Waals surface area (Å²) in [6, 6.07) is 25.8. The molecule has 0 unspecified atom stereocenters. The maximum atomic E-state index is 16.5. The average molecular weight is 563 g/mol. The van der Waals surface area contributed by atoms with E-state index in [0.717, 1.165) is 16.0 Å². The first-order valence-corrected chi connectivity index (χ1v) is 12.7. The third-order valence-electron chi connectivity index (χ3n) is 5.67. The molecule has 0 aliphatic carbocycles. The zero-order chi connectivity index (χ0) is 27.6. The van der Waals surface area contributed by atoms with Crippen molar-refractivity contribution in [1.82, 2.24) is 4.90 Å². The third kappa shape index (κ3) is 6.48. The van der Waals surface area contributed by atoms with Crippen LogP contribution in [0.2, 0.25) is 0 Å². The fourth-order valence-corrected chi connectivity index (χ4v) is 6.39. The van der Waals surface area contributed by atoms with E-state index in [4.69, 9.17) is 14.0 Å². The van der Waals surface area contributed by atoms with Crippen molar-refractivity contribution in [1.29, 1.82) is 0 Å². The van der Waals surface area contributed by atoms with Gasteiger partial charge in [0.1, 0.15) is 0 Å². The summed E-state index contributed by atoms with van der Waals surface area (Å²) < 4.78 is 39.0. The van der Waals surface area contributed by atoms with Crippen molar-refractivity contribution in [3.05, 3.63) is 157 Å². The monoisotopic (exact) mass is 563 g/mol. The molecule has 2 aliphatic heterocycles. The molecular formula is C29H19CrFNO5P+. The molecule has 3 aromatic carbocycles. The molecule has 2 aliphatic rings.